The van der Waals surface area contributed by atoms with Gasteiger partial charge in [-0.25, -0.2) is 9.97 Å². The van der Waals surface area contributed by atoms with Crippen molar-refractivity contribution in [3.8, 4) is 11.5 Å². The molecule has 2 aromatic carbocycles. The van der Waals surface area contributed by atoms with E-state index in [9.17, 15) is 0 Å². The lowest BCUT2D eigenvalue weighted by atomic mass is 10.1. The van der Waals surface area contributed by atoms with Crippen LogP contribution in [0.5, 0.6) is 11.5 Å². The first kappa shape index (κ1) is 16.9. The number of hydrogen-bond donors (Lipinski definition) is 0. The van der Waals surface area contributed by atoms with E-state index in [0.717, 1.165) is 40.4 Å². The third-order valence-corrected chi connectivity index (χ3v) is 4.71. The summed E-state index contributed by atoms with van der Waals surface area (Å²) in [4.78, 5) is 11.2. The van der Waals surface area contributed by atoms with Gasteiger partial charge < -0.3 is 14.4 Å². The van der Waals surface area contributed by atoms with Crippen LogP contribution in [0.25, 0.3) is 10.9 Å². The van der Waals surface area contributed by atoms with E-state index in [-0.39, 0.29) is 0 Å². The Bertz CT molecular complexity index is 961. The van der Waals surface area contributed by atoms with Crippen LogP contribution in [-0.2, 0) is 6.42 Å². The fraction of sp³-hybridized carbons (Fsp3) is 0.300. The van der Waals surface area contributed by atoms with Gasteiger partial charge in [0.15, 0.2) is 11.5 Å². The summed E-state index contributed by atoms with van der Waals surface area (Å²) in [7, 11) is 0. The van der Waals surface area contributed by atoms with Crippen molar-refractivity contribution in [1.29, 1.82) is 0 Å². The molecule has 0 saturated carbocycles. The van der Waals surface area contributed by atoms with Gasteiger partial charge in [-0.1, -0.05) is 17.7 Å². The summed E-state index contributed by atoms with van der Waals surface area (Å²) in [5, 5.41) is 1.66. The highest BCUT2D eigenvalue weighted by atomic mass is 35.5. The van der Waals surface area contributed by atoms with Crippen molar-refractivity contribution in [2.45, 2.75) is 20.3 Å². The van der Waals surface area contributed by atoms with E-state index in [1.54, 1.807) is 6.33 Å². The Morgan fingerprint density at radius 3 is 2.58 bits per heavy atom. The van der Waals surface area contributed by atoms with Crippen LogP contribution < -0.4 is 14.4 Å². The molecule has 0 amide bonds. The second kappa shape index (κ2) is 7.00. The minimum absolute atomic E-state index is 0.566. The average Bonchev–Trinajstić information content (AvgIpc) is 3.05. The number of aromatic nitrogens is 2. The van der Waals surface area contributed by atoms with Crippen LogP contribution in [0, 0.1) is 0 Å². The fourth-order valence-electron chi connectivity index (χ4n) is 3.37. The molecule has 26 heavy (non-hydrogen) atoms. The lowest BCUT2D eigenvalue weighted by Crippen LogP contribution is -2.15. The lowest BCUT2D eigenvalue weighted by molar-refractivity contribution is 0.288. The molecule has 3 aromatic rings. The molecule has 5 nitrogen and oxygen atoms in total. The second-order valence-corrected chi connectivity index (χ2v) is 6.49. The summed E-state index contributed by atoms with van der Waals surface area (Å²) in [5.41, 5.74) is 3.21. The molecule has 0 spiro atoms. The smallest absolute Gasteiger partial charge is 0.163 e. The highest BCUT2D eigenvalue weighted by molar-refractivity contribution is 6.31. The summed E-state index contributed by atoms with van der Waals surface area (Å²) in [5.74, 6) is 2.28. The molecular formula is C20H20ClN3O2. The SMILES string of the molecule is CCOc1cc2ncnc(N3CCc4ccc(Cl)cc43)c2cc1OCC. The van der Waals surface area contributed by atoms with E-state index in [1.165, 1.54) is 5.56 Å². The molecule has 0 unspecified atom stereocenters. The Balaban J connectivity index is 1.87. The Morgan fingerprint density at radius 2 is 1.81 bits per heavy atom. The number of benzene rings is 2. The fourth-order valence-corrected chi connectivity index (χ4v) is 3.54. The average molecular weight is 370 g/mol. The van der Waals surface area contributed by atoms with Crippen LogP contribution in [0.3, 0.4) is 0 Å². The largest absolute Gasteiger partial charge is 0.490 e. The molecule has 0 fully saturated rings. The van der Waals surface area contributed by atoms with Gasteiger partial charge >= 0.3 is 0 Å². The van der Waals surface area contributed by atoms with Crippen molar-refractivity contribution in [3.05, 3.63) is 47.2 Å². The Hall–Kier alpha value is -2.53. The van der Waals surface area contributed by atoms with Crippen molar-refractivity contribution in [2.24, 2.45) is 0 Å². The summed E-state index contributed by atoms with van der Waals surface area (Å²) in [6.07, 6.45) is 2.56. The van der Waals surface area contributed by atoms with E-state index in [0.29, 0.717) is 24.7 Å². The third kappa shape index (κ3) is 2.92. The van der Waals surface area contributed by atoms with Gasteiger partial charge in [-0.2, -0.15) is 0 Å². The van der Waals surface area contributed by atoms with Crippen molar-refractivity contribution in [2.75, 3.05) is 24.7 Å². The Kier molecular flexibility index (Phi) is 4.55. The molecule has 134 valence electrons. The topological polar surface area (TPSA) is 47.5 Å². The third-order valence-electron chi connectivity index (χ3n) is 4.48. The minimum atomic E-state index is 0.566. The molecule has 1 aliphatic rings. The Labute approximate surface area is 157 Å². The van der Waals surface area contributed by atoms with Crippen molar-refractivity contribution in [1.82, 2.24) is 9.97 Å². The monoisotopic (exact) mass is 369 g/mol. The molecule has 0 saturated heterocycles. The van der Waals surface area contributed by atoms with Crippen LogP contribution in [0.15, 0.2) is 36.7 Å². The number of fused-ring (bicyclic) bond motifs is 2. The highest BCUT2D eigenvalue weighted by Crippen LogP contribution is 2.40. The van der Waals surface area contributed by atoms with E-state index < -0.39 is 0 Å². The second-order valence-electron chi connectivity index (χ2n) is 6.05. The van der Waals surface area contributed by atoms with Crippen LogP contribution in [0.1, 0.15) is 19.4 Å². The van der Waals surface area contributed by atoms with Gasteiger partial charge in [0, 0.05) is 28.7 Å². The summed E-state index contributed by atoms with van der Waals surface area (Å²) in [6.45, 7) is 5.91. The quantitative estimate of drug-likeness (QED) is 0.648. The van der Waals surface area contributed by atoms with Crippen LogP contribution in [0.2, 0.25) is 5.02 Å². The first-order chi connectivity index (χ1) is 12.7. The number of anilines is 2. The molecule has 1 aromatic heterocycles. The van der Waals surface area contributed by atoms with E-state index in [2.05, 4.69) is 20.9 Å². The van der Waals surface area contributed by atoms with Gasteiger partial charge in [0.2, 0.25) is 0 Å². The molecule has 4 rings (SSSR count). The predicted molar refractivity (Wildman–Crippen MR) is 104 cm³/mol. The number of nitrogens with zero attached hydrogens (tertiary/aromatic N) is 3. The number of halogens is 1. The van der Waals surface area contributed by atoms with Gasteiger partial charge in [0.1, 0.15) is 12.1 Å². The van der Waals surface area contributed by atoms with Crippen LogP contribution in [0.4, 0.5) is 11.5 Å². The van der Waals surface area contributed by atoms with Gasteiger partial charge in [-0.05, 0) is 44.0 Å². The minimum Gasteiger partial charge on any atom is -0.490 e. The number of ether oxygens (including phenoxy) is 2. The highest BCUT2D eigenvalue weighted by Gasteiger charge is 2.24. The molecule has 2 heterocycles. The molecular weight excluding hydrogens is 350 g/mol. The molecule has 0 radical (unpaired) electrons. The summed E-state index contributed by atoms with van der Waals surface area (Å²) in [6, 6.07) is 9.91. The molecule has 1 aliphatic heterocycles. The zero-order valence-electron chi connectivity index (χ0n) is 14.8. The van der Waals surface area contributed by atoms with Crippen molar-refractivity contribution in [3.63, 3.8) is 0 Å². The summed E-state index contributed by atoms with van der Waals surface area (Å²) >= 11 is 6.22. The van der Waals surface area contributed by atoms with Gasteiger partial charge in [0.25, 0.3) is 0 Å². The van der Waals surface area contributed by atoms with Crippen molar-refractivity contribution < 1.29 is 9.47 Å². The van der Waals surface area contributed by atoms with E-state index in [1.807, 2.05) is 38.1 Å². The first-order valence-corrected chi connectivity index (χ1v) is 9.19. The van der Waals surface area contributed by atoms with Gasteiger partial charge in [-0.15, -0.1) is 0 Å². The normalized spacial score (nSPS) is 13.1. The predicted octanol–water partition coefficient (Wildman–Crippen LogP) is 4.77. The first-order valence-electron chi connectivity index (χ1n) is 8.81. The Morgan fingerprint density at radius 1 is 1.04 bits per heavy atom. The summed E-state index contributed by atoms with van der Waals surface area (Å²) < 4.78 is 11.5. The zero-order valence-corrected chi connectivity index (χ0v) is 15.6. The van der Waals surface area contributed by atoms with Crippen LogP contribution in [-0.4, -0.2) is 29.7 Å². The van der Waals surface area contributed by atoms with E-state index >= 15 is 0 Å². The molecule has 0 aliphatic carbocycles. The maximum absolute atomic E-state index is 6.22. The van der Waals surface area contributed by atoms with Crippen molar-refractivity contribution >= 4 is 34.0 Å². The van der Waals surface area contributed by atoms with E-state index in [4.69, 9.17) is 21.1 Å². The van der Waals surface area contributed by atoms with Gasteiger partial charge in [-0.3, -0.25) is 0 Å². The van der Waals surface area contributed by atoms with Gasteiger partial charge in [0.05, 0.1) is 18.7 Å². The standard InChI is InChI=1S/C20H20ClN3O2/c1-3-25-18-10-15-16(11-19(18)26-4-2)22-12-23-20(15)24-8-7-13-5-6-14(21)9-17(13)24/h5-6,9-12H,3-4,7-8H2,1-2H3. The molecule has 0 bridgehead atoms. The zero-order chi connectivity index (χ0) is 18.1. The number of hydrogen-bond acceptors (Lipinski definition) is 5. The maximum Gasteiger partial charge on any atom is 0.163 e. The molecule has 6 heteroatoms. The maximum atomic E-state index is 6.22. The number of rotatable bonds is 5. The van der Waals surface area contributed by atoms with Crippen LogP contribution >= 0.6 is 11.6 Å². The lowest BCUT2D eigenvalue weighted by Gasteiger charge is -2.21. The molecule has 0 atom stereocenters. The molecule has 0 N–H and O–H groups in total.